The molecule has 0 amide bonds. The van der Waals surface area contributed by atoms with Gasteiger partial charge in [0.05, 0.1) is 18.0 Å². The predicted molar refractivity (Wildman–Crippen MR) is 76.3 cm³/mol. The lowest BCUT2D eigenvalue weighted by atomic mass is 10.2. The highest BCUT2D eigenvalue weighted by atomic mass is 32.1. The van der Waals surface area contributed by atoms with Crippen LogP contribution in [0, 0.1) is 6.92 Å². The van der Waals surface area contributed by atoms with Gasteiger partial charge in [-0.1, -0.05) is 0 Å². The highest BCUT2D eigenvalue weighted by Gasteiger charge is 2.17. The minimum atomic E-state index is 0.229. The first kappa shape index (κ1) is 13.0. The summed E-state index contributed by atoms with van der Waals surface area (Å²) >= 11 is 1.63. The second-order valence-corrected chi connectivity index (χ2v) is 5.63. The molecular weight excluding hydrogens is 248 g/mol. The summed E-state index contributed by atoms with van der Waals surface area (Å²) in [6.45, 7) is 4.79. The van der Waals surface area contributed by atoms with Crippen LogP contribution in [0.3, 0.4) is 0 Å². The van der Waals surface area contributed by atoms with Crippen molar-refractivity contribution in [2.45, 2.75) is 19.9 Å². The van der Waals surface area contributed by atoms with E-state index in [1.165, 1.54) is 4.88 Å². The molecule has 0 saturated heterocycles. The quantitative estimate of drug-likeness (QED) is 0.917. The largest absolute Gasteiger partial charge is 0.383 e. The third-order valence-electron chi connectivity index (χ3n) is 2.92. The predicted octanol–water partition coefficient (Wildman–Crippen LogP) is 2.05. The smallest absolute Gasteiger partial charge is 0.223 e. The zero-order chi connectivity index (χ0) is 13.3. The fourth-order valence-corrected chi connectivity index (χ4v) is 2.75. The van der Waals surface area contributed by atoms with E-state index in [9.17, 15) is 0 Å². The van der Waals surface area contributed by atoms with Crippen molar-refractivity contribution in [3.05, 3.63) is 10.9 Å². The van der Waals surface area contributed by atoms with Gasteiger partial charge in [-0.2, -0.15) is 4.98 Å². The van der Waals surface area contributed by atoms with Gasteiger partial charge in [0.15, 0.2) is 0 Å². The summed E-state index contributed by atoms with van der Waals surface area (Å²) in [4.78, 5) is 12.9. The summed E-state index contributed by atoms with van der Waals surface area (Å²) in [5, 5.41) is 1.05. The number of hydrogen-bond acceptors (Lipinski definition) is 6. The molecule has 0 spiro atoms. The lowest BCUT2D eigenvalue weighted by molar-refractivity contribution is 0.183. The van der Waals surface area contributed by atoms with Crippen LogP contribution in [0.4, 0.5) is 11.8 Å². The van der Waals surface area contributed by atoms with E-state index in [1.54, 1.807) is 18.4 Å². The molecule has 0 saturated carbocycles. The van der Waals surface area contributed by atoms with E-state index in [0.717, 1.165) is 16.0 Å². The molecule has 18 heavy (non-hydrogen) atoms. The van der Waals surface area contributed by atoms with E-state index in [0.29, 0.717) is 12.6 Å². The summed E-state index contributed by atoms with van der Waals surface area (Å²) in [5.74, 6) is 1.18. The van der Waals surface area contributed by atoms with Crippen LogP contribution in [0.5, 0.6) is 0 Å². The van der Waals surface area contributed by atoms with Crippen LogP contribution in [0.1, 0.15) is 11.8 Å². The number of aromatic nitrogens is 2. The Kier molecular flexibility index (Phi) is 3.68. The third-order valence-corrected chi connectivity index (χ3v) is 3.86. The molecule has 98 valence electrons. The second-order valence-electron chi connectivity index (χ2n) is 4.40. The Morgan fingerprint density at radius 2 is 2.22 bits per heavy atom. The summed E-state index contributed by atoms with van der Waals surface area (Å²) < 4.78 is 5.18. The topological polar surface area (TPSA) is 64.3 Å². The van der Waals surface area contributed by atoms with Crippen LogP contribution in [0.15, 0.2) is 6.07 Å². The molecule has 2 aromatic rings. The Morgan fingerprint density at radius 1 is 1.50 bits per heavy atom. The number of aryl methyl sites for hydroxylation is 1. The minimum absolute atomic E-state index is 0.229. The molecule has 0 radical (unpaired) electrons. The first-order valence-electron chi connectivity index (χ1n) is 5.78. The molecule has 0 aliphatic rings. The number of thiophene rings is 1. The average Bonchev–Trinajstić information content (AvgIpc) is 2.67. The van der Waals surface area contributed by atoms with E-state index in [-0.39, 0.29) is 6.04 Å². The number of ether oxygens (including phenoxy) is 1. The number of likely N-dealkylation sites (N-methyl/N-ethyl adjacent to an activating group) is 1. The van der Waals surface area contributed by atoms with Crippen molar-refractivity contribution in [2.75, 3.05) is 31.4 Å². The van der Waals surface area contributed by atoms with E-state index >= 15 is 0 Å². The Labute approximate surface area is 111 Å². The number of anilines is 2. The number of methoxy groups -OCH3 is 1. The van der Waals surface area contributed by atoms with Crippen molar-refractivity contribution in [2.24, 2.45) is 0 Å². The van der Waals surface area contributed by atoms with Gasteiger partial charge in [0.25, 0.3) is 0 Å². The third kappa shape index (κ3) is 2.39. The molecule has 2 N–H and O–H groups in total. The van der Waals surface area contributed by atoms with Crippen molar-refractivity contribution in [1.82, 2.24) is 9.97 Å². The summed E-state index contributed by atoms with van der Waals surface area (Å²) in [7, 11) is 3.70. The van der Waals surface area contributed by atoms with Crippen molar-refractivity contribution in [3.8, 4) is 0 Å². The van der Waals surface area contributed by atoms with Gasteiger partial charge in [-0.3, -0.25) is 0 Å². The van der Waals surface area contributed by atoms with Gasteiger partial charge >= 0.3 is 0 Å². The fourth-order valence-electron chi connectivity index (χ4n) is 1.87. The van der Waals surface area contributed by atoms with Crippen LogP contribution < -0.4 is 10.6 Å². The zero-order valence-electron chi connectivity index (χ0n) is 11.1. The van der Waals surface area contributed by atoms with Crippen LogP contribution in [-0.2, 0) is 4.74 Å². The molecule has 2 heterocycles. The zero-order valence-corrected chi connectivity index (χ0v) is 11.9. The molecule has 0 aromatic carbocycles. The van der Waals surface area contributed by atoms with E-state index < -0.39 is 0 Å². The molecule has 0 bridgehead atoms. The fraction of sp³-hybridized carbons (Fsp3) is 0.500. The molecule has 0 aliphatic heterocycles. The van der Waals surface area contributed by atoms with E-state index in [4.69, 9.17) is 10.5 Å². The second kappa shape index (κ2) is 5.07. The lowest BCUT2D eigenvalue weighted by Gasteiger charge is -2.25. The lowest BCUT2D eigenvalue weighted by Crippen LogP contribution is -2.33. The van der Waals surface area contributed by atoms with E-state index in [2.05, 4.69) is 34.8 Å². The number of nitrogens with two attached hydrogens (primary N) is 1. The normalized spacial score (nSPS) is 12.9. The molecule has 0 fully saturated rings. The molecular formula is C12H18N4OS. The Balaban J connectivity index is 2.48. The van der Waals surface area contributed by atoms with Crippen molar-refractivity contribution < 1.29 is 4.74 Å². The maximum atomic E-state index is 5.77. The van der Waals surface area contributed by atoms with Crippen LogP contribution >= 0.6 is 11.3 Å². The first-order chi connectivity index (χ1) is 8.52. The molecule has 2 rings (SSSR count). The number of hydrogen-bond donors (Lipinski definition) is 1. The maximum Gasteiger partial charge on any atom is 0.223 e. The van der Waals surface area contributed by atoms with Crippen LogP contribution in [0.2, 0.25) is 0 Å². The number of fused-ring (bicyclic) bond motifs is 1. The van der Waals surface area contributed by atoms with Crippen LogP contribution in [-0.4, -0.2) is 36.8 Å². The number of nitrogens with zero attached hydrogens (tertiary/aromatic N) is 3. The van der Waals surface area contributed by atoms with E-state index in [1.807, 2.05) is 7.05 Å². The average molecular weight is 266 g/mol. The van der Waals surface area contributed by atoms with Crippen LogP contribution in [0.25, 0.3) is 10.2 Å². The highest BCUT2D eigenvalue weighted by molar-refractivity contribution is 7.18. The van der Waals surface area contributed by atoms with Crippen molar-refractivity contribution in [1.29, 1.82) is 0 Å². The molecule has 2 aromatic heterocycles. The molecule has 1 unspecified atom stereocenters. The minimum Gasteiger partial charge on any atom is -0.383 e. The number of nitrogen functional groups attached to an aromatic ring is 1. The molecule has 0 aliphatic carbocycles. The standard InChI is InChI=1S/C12H18N4OS/c1-7(6-17-4)16(3)10-9-5-8(2)18-11(9)15-12(13)14-10/h5,7H,6H2,1-4H3,(H2,13,14,15). The summed E-state index contributed by atoms with van der Waals surface area (Å²) in [5.41, 5.74) is 5.77. The molecule has 6 heteroatoms. The Morgan fingerprint density at radius 3 is 2.89 bits per heavy atom. The highest BCUT2D eigenvalue weighted by Crippen LogP contribution is 2.31. The first-order valence-corrected chi connectivity index (χ1v) is 6.60. The van der Waals surface area contributed by atoms with Gasteiger partial charge in [-0.05, 0) is 19.9 Å². The molecule has 5 nitrogen and oxygen atoms in total. The summed E-state index contributed by atoms with van der Waals surface area (Å²) in [6.07, 6.45) is 0. The van der Waals surface area contributed by atoms with Gasteiger partial charge < -0.3 is 15.4 Å². The van der Waals surface area contributed by atoms with Gasteiger partial charge in [0, 0.05) is 19.0 Å². The SMILES string of the molecule is COCC(C)N(C)c1nc(N)nc2sc(C)cc12. The van der Waals surface area contributed by atoms with Gasteiger partial charge in [0.2, 0.25) is 5.95 Å². The molecule has 1 atom stereocenters. The van der Waals surface area contributed by atoms with Crippen molar-refractivity contribution >= 4 is 33.3 Å². The maximum absolute atomic E-state index is 5.77. The van der Waals surface area contributed by atoms with Crippen molar-refractivity contribution in [3.63, 3.8) is 0 Å². The summed E-state index contributed by atoms with van der Waals surface area (Å²) in [6, 6.07) is 2.33. The Hall–Kier alpha value is -1.40. The van der Waals surface area contributed by atoms with Gasteiger partial charge in [-0.15, -0.1) is 11.3 Å². The van der Waals surface area contributed by atoms with Gasteiger partial charge in [0.1, 0.15) is 10.6 Å². The van der Waals surface area contributed by atoms with Gasteiger partial charge in [-0.25, -0.2) is 4.98 Å². The number of rotatable bonds is 4. The monoisotopic (exact) mass is 266 g/mol. The Bertz CT molecular complexity index is 554.